The van der Waals surface area contributed by atoms with Crippen LogP contribution in [0.25, 0.3) is 11.3 Å². The van der Waals surface area contributed by atoms with E-state index in [1.807, 2.05) is 49.4 Å². The lowest BCUT2D eigenvalue weighted by atomic mass is 10.0. The Morgan fingerprint density at radius 3 is 2.25 bits per heavy atom. The fourth-order valence-corrected chi connectivity index (χ4v) is 2.55. The van der Waals surface area contributed by atoms with E-state index < -0.39 is 0 Å². The first kappa shape index (κ1) is 16.1. The second-order valence-corrected chi connectivity index (χ2v) is 6.31. The van der Waals surface area contributed by atoms with Crippen molar-refractivity contribution in [3.63, 3.8) is 0 Å². The molecule has 3 rings (SSSR count). The molecule has 4 heteroatoms. The zero-order chi connectivity index (χ0) is 17.1. The third-order valence-corrected chi connectivity index (χ3v) is 4.10. The fourth-order valence-electron chi connectivity index (χ4n) is 2.55. The summed E-state index contributed by atoms with van der Waals surface area (Å²) in [6.45, 7) is 6.38. The van der Waals surface area contributed by atoms with Crippen molar-refractivity contribution in [3.05, 3.63) is 65.9 Å². The first-order chi connectivity index (χ1) is 11.5. The Labute approximate surface area is 142 Å². The van der Waals surface area contributed by atoms with Gasteiger partial charge in [0.25, 0.3) is 0 Å². The number of ether oxygens (including phenoxy) is 1. The van der Waals surface area contributed by atoms with E-state index in [9.17, 15) is 0 Å². The molecule has 0 aliphatic heterocycles. The summed E-state index contributed by atoms with van der Waals surface area (Å²) in [5.74, 6) is 1.38. The molecule has 0 spiro atoms. The van der Waals surface area contributed by atoms with E-state index in [1.165, 1.54) is 5.56 Å². The number of H-pyrrole nitrogens is 1. The molecule has 0 aliphatic rings. The summed E-state index contributed by atoms with van der Waals surface area (Å²) in [7, 11) is 0. The number of hydrogen-bond acceptors (Lipinski definition) is 3. The van der Waals surface area contributed by atoms with Crippen molar-refractivity contribution in [2.24, 2.45) is 0 Å². The zero-order valence-electron chi connectivity index (χ0n) is 14.3. The van der Waals surface area contributed by atoms with Gasteiger partial charge in [-0.1, -0.05) is 38.1 Å². The monoisotopic (exact) mass is 321 g/mol. The van der Waals surface area contributed by atoms with Crippen molar-refractivity contribution in [1.82, 2.24) is 10.2 Å². The van der Waals surface area contributed by atoms with E-state index in [-0.39, 0.29) is 6.10 Å². The van der Waals surface area contributed by atoms with Crippen LogP contribution in [0.3, 0.4) is 0 Å². The first-order valence-corrected chi connectivity index (χ1v) is 8.21. The molecule has 0 radical (unpaired) electrons. The quantitative estimate of drug-likeness (QED) is 0.655. The fraction of sp³-hybridized carbons (Fsp3) is 0.250. The Kier molecular flexibility index (Phi) is 4.56. The van der Waals surface area contributed by atoms with Gasteiger partial charge >= 0.3 is 0 Å². The molecule has 24 heavy (non-hydrogen) atoms. The van der Waals surface area contributed by atoms with Gasteiger partial charge in [-0.15, -0.1) is 0 Å². The number of anilines is 1. The molecule has 1 unspecified atom stereocenters. The van der Waals surface area contributed by atoms with Crippen LogP contribution in [0.1, 0.15) is 44.1 Å². The molecule has 2 aromatic carbocycles. The molecule has 0 bridgehead atoms. The Balaban J connectivity index is 1.71. The molecular weight excluding hydrogens is 298 g/mol. The van der Waals surface area contributed by atoms with Gasteiger partial charge in [0.1, 0.15) is 11.9 Å². The molecule has 124 valence electrons. The lowest BCUT2D eigenvalue weighted by Gasteiger charge is -2.14. The minimum absolute atomic E-state index is 0.107. The number of nitrogens with one attached hydrogen (secondary N) is 1. The standard InChI is InChI=1S/C20H23N3O/c1-13(2)15-6-10-18(11-7-15)24-14(3)19-12-20(23-22-19)16-4-8-17(21)9-5-16/h4-14H,21H2,1-3H3,(H,22,23). The number of nitrogens with two attached hydrogens (primary N) is 1. The van der Waals surface area contributed by atoms with Crippen LogP contribution < -0.4 is 10.5 Å². The van der Waals surface area contributed by atoms with E-state index >= 15 is 0 Å². The molecule has 4 nitrogen and oxygen atoms in total. The van der Waals surface area contributed by atoms with Crippen LogP contribution in [0, 0.1) is 0 Å². The minimum Gasteiger partial charge on any atom is -0.484 e. The van der Waals surface area contributed by atoms with Crippen molar-refractivity contribution < 1.29 is 4.74 Å². The summed E-state index contributed by atoms with van der Waals surface area (Å²) in [5, 5.41) is 7.43. The Bertz CT molecular complexity index is 789. The maximum absolute atomic E-state index is 6.01. The second-order valence-electron chi connectivity index (χ2n) is 6.31. The molecule has 3 N–H and O–H groups in total. The summed E-state index contributed by atoms with van der Waals surface area (Å²) in [5.41, 5.74) is 10.6. The maximum Gasteiger partial charge on any atom is 0.137 e. The van der Waals surface area contributed by atoms with Crippen LogP contribution in [0.2, 0.25) is 0 Å². The number of aromatic nitrogens is 2. The van der Waals surface area contributed by atoms with Gasteiger partial charge in [0, 0.05) is 11.3 Å². The highest BCUT2D eigenvalue weighted by Crippen LogP contribution is 2.26. The lowest BCUT2D eigenvalue weighted by Crippen LogP contribution is -2.03. The number of nitrogens with zero attached hydrogens (tertiary/aromatic N) is 1. The van der Waals surface area contributed by atoms with Gasteiger partial charge in [-0.25, -0.2) is 0 Å². The smallest absolute Gasteiger partial charge is 0.137 e. The van der Waals surface area contributed by atoms with E-state index in [2.05, 4.69) is 36.2 Å². The topological polar surface area (TPSA) is 63.9 Å². The highest BCUT2D eigenvalue weighted by molar-refractivity contribution is 5.62. The highest BCUT2D eigenvalue weighted by Gasteiger charge is 2.12. The molecular formula is C20H23N3O. The SMILES string of the molecule is CC(C)c1ccc(OC(C)c2cc(-c3ccc(N)cc3)n[nH]2)cc1. The minimum atomic E-state index is -0.107. The van der Waals surface area contributed by atoms with Crippen molar-refractivity contribution in [3.8, 4) is 17.0 Å². The summed E-state index contributed by atoms with van der Waals surface area (Å²) >= 11 is 0. The van der Waals surface area contributed by atoms with E-state index in [0.717, 1.165) is 28.4 Å². The van der Waals surface area contributed by atoms with E-state index in [4.69, 9.17) is 10.5 Å². The van der Waals surface area contributed by atoms with Crippen LogP contribution in [-0.2, 0) is 0 Å². The van der Waals surface area contributed by atoms with Crippen LogP contribution in [-0.4, -0.2) is 10.2 Å². The summed E-state index contributed by atoms with van der Waals surface area (Å²) in [6.07, 6.45) is -0.107. The van der Waals surface area contributed by atoms with E-state index in [0.29, 0.717) is 5.92 Å². The molecule has 0 saturated carbocycles. The predicted molar refractivity (Wildman–Crippen MR) is 98.0 cm³/mol. The third kappa shape index (κ3) is 3.59. The zero-order valence-corrected chi connectivity index (χ0v) is 14.3. The largest absolute Gasteiger partial charge is 0.484 e. The van der Waals surface area contributed by atoms with Gasteiger partial charge in [0.05, 0.1) is 11.4 Å². The Hall–Kier alpha value is -2.75. The first-order valence-electron chi connectivity index (χ1n) is 8.21. The Morgan fingerprint density at radius 2 is 1.62 bits per heavy atom. The van der Waals surface area contributed by atoms with Crippen LogP contribution in [0.5, 0.6) is 5.75 Å². The van der Waals surface area contributed by atoms with Gasteiger partial charge in [-0.2, -0.15) is 5.10 Å². The Morgan fingerprint density at radius 1 is 0.958 bits per heavy atom. The molecule has 1 heterocycles. The van der Waals surface area contributed by atoms with Crippen LogP contribution >= 0.6 is 0 Å². The number of aromatic amines is 1. The van der Waals surface area contributed by atoms with Gasteiger partial charge < -0.3 is 10.5 Å². The molecule has 3 aromatic rings. The van der Waals surface area contributed by atoms with E-state index in [1.54, 1.807) is 0 Å². The number of rotatable bonds is 5. The molecule has 0 saturated heterocycles. The number of hydrogen-bond donors (Lipinski definition) is 2. The molecule has 0 fully saturated rings. The molecule has 0 aliphatic carbocycles. The lowest BCUT2D eigenvalue weighted by molar-refractivity contribution is 0.222. The average Bonchev–Trinajstić information content (AvgIpc) is 3.06. The second kappa shape index (κ2) is 6.79. The van der Waals surface area contributed by atoms with Crippen molar-refractivity contribution in [2.75, 3.05) is 5.73 Å². The summed E-state index contributed by atoms with van der Waals surface area (Å²) in [4.78, 5) is 0. The summed E-state index contributed by atoms with van der Waals surface area (Å²) in [6, 6.07) is 17.9. The molecule has 1 aromatic heterocycles. The molecule has 0 amide bonds. The number of benzene rings is 2. The van der Waals surface area contributed by atoms with Crippen molar-refractivity contribution >= 4 is 5.69 Å². The number of nitrogen functional groups attached to an aromatic ring is 1. The van der Waals surface area contributed by atoms with Gasteiger partial charge in [-0.3, -0.25) is 5.10 Å². The van der Waals surface area contributed by atoms with Gasteiger partial charge in [-0.05, 0) is 48.7 Å². The highest BCUT2D eigenvalue weighted by atomic mass is 16.5. The predicted octanol–water partition coefficient (Wildman–Crippen LogP) is 4.92. The van der Waals surface area contributed by atoms with Crippen molar-refractivity contribution in [2.45, 2.75) is 32.8 Å². The third-order valence-electron chi connectivity index (χ3n) is 4.10. The molecule has 1 atom stereocenters. The van der Waals surface area contributed by atoms with Gasteiger partial charge in [0.15, 0.2) is 0 Å². The van der Waals surface area contributed by atoms with Crippen LogP contribution in [0.15, 0.2) is 54.6 Å². The maximum atomic E-state index is 6.01. The summed E-state index contributed by atoms with van der Waals surface area (Å²) < 4.78 is 6.01. The average molecular weight is 321 g/mol. The van der Waals surface area contributed by atoms with Crippen LogP contribution in [0.4, 0.5) is 5.69 Å². The van der Waals surface area contributed by atoms with Crippen molar-refractivity contribution in [1.29, 1.82) is 0 Å². The van der Waals surface area contributed by atoms with Gasteiger partial charge in [0.2, 0.25) is 0 Å². The normalized spacial score (nSPS) is 12.3.